The van der Waals surface area contributed by atoms with E-state index in [0.29, 0.717) is 17.7 Å². The molecule has 3 N–H and O–H groups in total. The van der Waals surface area contributed by atoms with E-state index >= 15 is 0 Å². The fourth-order valence-corrected chi connectivity index (χ4v) is 6.50. The van der Waals surface area contributed by atoms with Gasteiger partial charge in [-0.05, 0) is 94.5 Å². The molecule has 1 aromatic carbocycles. The Morgan fingerprint density at radius 1 is 1.05 bits per heavy atom. The van der Waals surface area contributed by atoms with E-state index in [1.54, 1.807) is 0 Å². The fourth-order valence-electron chi connectivity index (χ4n) is 6.50. The smallest absolute Gasteiger partial charge is 0.253 e. The number of hydrogen-bond donors (Lipinski definition) is 3. The number of carbonyl (C=O) groups is 2. The molecular formula is C34H44N6O3. The van der Waals surface area contributed by atoms with Gasteiger partial charge in [-0.25, -0.2) is 4.98 Å². The first-order chi connectivity index (χ1) is 20.7. The van der Waals surface area contributed by atoms with Gasteiger partial charge in [0.15, 0.2) is 0 Å². The van der Waals surface area contributed by atoms with Crippen molar-refractivity contribution in [2.45, 2.75) is 66.8 Å². The Hall–Kier alpha value is -3.98. The number of aromatic nitrogens is 2. The van der Waals surface area contributed by atoms with Crippen LogP contribution in [0.4, 0.5) is 11.5 Å². The van der Waals surface area contributed by atoms with Crippen molar-refractivity contribution in [1.29, 1.82) is 0 Å². The normalized spacial score (nSPS) is 15.5. The zero-order valence-corrected chi connectivity index (χ0v) is 26.1. The summed E-state index contributed by atoms with van der Waals surface area (Å²) in [5, 5.41) is 6.36. The maximum Gasteiger partial charge on any atom is 0.253 e. The first-order valence-electron chi connectivity index (χ1n) is 15.5. The molecule has 43 heavy (non-hydrogen) atoms. The van der Waals surface area contributed by atoms with Crippen molar-refractivity contribution >= 4 is 23.3 Å². The average molecular weight is 585 g/mol. The van der Waals surface area contributed by atoms with Gasteiger partial charge in [-0.15, -0.1) is 0 Å². The number of hydrogen-bond acceptors (Lipinski definition) is 6. The minimum Gasteiger partial charge on any atom is -0.354 e. The molecule has 9 heteroatoms. The minimum atomic E-state index is -0.285. The minimum absolute atomic E-state index is 0.0123. The van der Waals surface area contributed by atoms with Crippen LogP contribution in [0.1, 0.15) is 71.0 Å². The number of anilines is 2. The van der Waals surface area contributed by atoms with Gasteiger partial charge >= 0.3 is 0 Å². The van der Waals surface area contributed by atoms with Crippen LogP contribution in [-0.2, 0) is 11.3 Å². The topological polar surface area (TPSA) is 110 Å². The highest BCUT2D eigenvalue weighted by Gasteiger charge is 2.29. The second kappa shape index (κ2) is 13.1. The van der Waals surface area contributed by atoms with Gasteiger partial charge in [-0.2, -0.15) is 0 Å². The lowest BCUT2D eigenvalue weighted by atomic mass is 9.95. The summed E-state index contributed by atoms with van der Waals surface area (Å²) < 4.78 is 0. The zero-order valence-electron chi connectivity index (χ0n) is 26.1. The van der Waals surface area contributed by atoms with Gasteiger partial charge in [0.2, 0.25) is 5.91 Å². The molecule has 0 spiro atoms. The van der Waals surface area contributed by atoms with Crippen LogP contribution in [-0.4, -0.2) is 54.5 Å². The standard InChI is InChI=1S/C34H44N6O3/c1-6-40(34(43)25-9-7-8-10-25)30-19-26(27-11-12-31(38-24(27)5)39-15-13-35-14-16-39)18-28(23(30)4)32(41)36-20-29-21(2)17-22(3)37-33(29)42/h11-12,17-19,25,35H,6-10,13-16,20H2,1-5H3,(H,36,41)(H,37,42). The predicted molar refractivity (Wildman–Crippen MR) is 172 cm³/mol. The number of H-pyrrole nitrogens is 1. The van der Waals surface area contributed by atoms with Crippen LogP contribution in [0.5, 0.6) is 0 Å². The summed E-state index contributed by atoms with van der Waals surface area (Å²) in [5.74, 6) is 0.793. The lowest BCUT2D eigenvalue weighted by Gasteiger charge is -2.29. The van der Waals surface area contributed by atoms with Crippen LogP contribution >= 0.6 is 0 Å². The van der Waals surface area contributed by atoms with Crippen LogP contribution in [0.25, 0.3) is 11.1 Å². The molecule has 9 nitrogen and oxygen atoms in total. The van der Waals surface area contributed by atoms with E-state index in [-0.39, 0.29) is 29.8 Å². The summed E-state index contributed by atoms with van der Waals surface area (Å²) >= 11 is 0. The van der Waals surface area contributed by atoms with Crippen molar-refractivity contribution in [3.8, 4) is 11.1 Å². The first kappa shape index (κ1) is 30.5. The number of carbonyl (C=O) groups excluding carboxylic acids is 2. The van der Waals surface area contributed by atoms with Crippen LogP contribution in [0.3, 0.4) is 0 Å². The quantitative estimate of drug-likeness (QED) is 0.358. The molecule has 2 aliphatic rings. The third-order valence-electron chi connectivity index (χ3n) is 8.95. The van der Waals surface area contributed by atoms with E-state index in [1.165, 1.54) is 0 Å². The number of benzene rings is 1. The fraction of sp³-hybridized carbons (Fsp3) is 0.471. The molecule has 3 aromatic rings. The molecule has 0 atom stereocenters. The van der Waals surface area contributed by atoms with E-state index < -0.39 is 0 Å². The highest BCUT2D eigenvalue weighted by atomic mass is 16.2. The zero-order chi connectivity index (χ0) is 30.7. The first-order valence-corrected chi connectivity index (χ1v) is 15.5. The number of aromatic amines is 1. The van der Waals surface area contributed by atoms with Crippen LogP contribution in [0.2, 0.25) is 0 Å². The lowest BCUT2D eigenvalue weighted by molar-refractivity contribution is -0.122. The van der Waals surface area contributed by atoms with E-state index in [2.05, 4.69) is 26.6 Å². The number of amides is 2. The van der Waals surface area contributed by atoms with E-state index in [4.69, 9.17) is 4.98 Å². The van der Waals surface area contributed by atoms with Gasteiger partial charge in [0, 0.05) is 79.0 Å². The van der Waals surface area contributed by atoms with Gasteiger partial charge in [0.05, 0.1) is 0 Å². The van der Waals surface area contributed by atoms with Crippen LogP contribution < -0.4 is 26.0 Å². The van der Waals surface area contributed by atoms with Gasteiger partial charge < -0.3 is 25.4 Å². The molecule has 228 valence electrons. The molecular weight excluding hydrogens is 540 g/mol. The summed E-state index contributed by atoms with van der Waals surface area (Å²) in [6.07, 6.45) is 3.95. The number of rotatable bonds is 8. The number of aryl methyl sites for hydroxylation is 3. The molecule has 1 saturated carbocycles. The molecule has 0 radical (unpaired) electrons. The summed E-state index contributed by atoms with van der Waals surface area (Å²) in [6.45, 7) is 13.9. The summed E-state index contributed by atoms with van der Waals surface area (Å²) in [6, 6.07) is 9.94. The molecule has 2 aromatic heterocycles. The number of nitrogens with one attached hydrogen (secondary N) is 3. The van der Waals surface area contributed by atoms with Crippen molar-refractivity contribution in [2.24, 2.45) is 5.92 Å². The van der Waals surface area contributed by atoms with Gasteiger partial charge in [-0.3, -0.25) is 14.4 Å². The second-order valence-electron chi connectivity index (χ2n) is 11.9. The maximum atomic E-state index is 13.8. The average Bonchev–Trinajstić information content (AvgIpc) is 3.53. The summed E-state index contributed by atoms with van der Waals surface area (Å²) in [4.78, 5) is 52.0. The van der Waals surface area contributed by atoms with Gasteiger partial charge in [-0.1, -0.05) is 12.8 Å². The Morgan fingerprint density at radius 2 is 1.77 bits per heavy atom. The summed E-state index contributed by atoms with van der Waals surface area (Å²) in [5.41, 5.74) is 6.54. The Labute approximate surface area is 254 Å². The Balaban J connectivity index is 1.54. The third-order valence-corrected chi connectivity index (χ3v) is 8.95. The van der Waals surface area contributed by atoms with Crippen molar-refractivity contribution in [2.75, 3.05) is 42.5 Å². The van der Waals surface area contributed by atoms with Gasteiger partial charge in [0.25, 0.3) is 11.5 Å². The maximum absolute atomic E-state index is 13.8. The third kappa shape index (κ3) is 6.51. The highest BCUT2D eigenvalue weighted by molar-refractivity contribution is 6.02. The number of nitrogens with zero attached hydrogens (tertiary/aromatic N) is 3. The molecule has 1 saturated heterocycles. The molecule has 1 aliphatic carbocycles. The summed E-state index contributed by atoms with van der Waals surface area (Å²) in [7, 11) is 0. The molecule has 0 bridgehead atoms. The SMILES string of the molecule is CCN(C(=O)C1CCCC1)c1cc(-c2ccc(N3CCNCC3)nc2C)cc(C(=O)NCc2c(C)cc(C)[nH]c2=O)c1C. The largest absolute Gasteiger partial charge is 0.354 e. The Kier molecular flexibility index (Phi) is 9.30. The van der Waals surface area contributed by atoms with Gasteiger partial charge in [0.1, 0.15) is 5.82 Å². The molecule has 2 fully saturated rings. The molecule has 3 heterocycles. The van der Waals surface area contributed by atoms with E-state index in [1.807, 2.05) is 63.8 Å². The molecule has 1 aliphatic heterocycles. The van der Waals surface area contributed by atoms with Crippen LogP contribution in [0.15, 0.2) is 35.1 Å². The van der Waals surface area contributed by atoms with E-state index in [9.17, 15) is 14.4 Å². The molecule has 2 amide bonds. The lowest BCUT2D eigenvalue weighted by Crippen LogP contribution is -2.43. The predicted octanol–water partition coefficient (Wildman–Crippen LogP) is 4.55. The van der Waals surface area contributed by atoms with Crippen molar-refractivity contribution < 1.29 is 9.59 Å². The monoisotopic (exact) mass is 584 g/mol. The Morgan fingerprint density at radius 3 is 2.42 bits per heavy atom. The van der Waals surface area contributed by atoms with Crippen molar-refractivity contribution in [3.63, 3.8) is 0 Å². The van der Waals surface area contributed by atoms with E-state index in [0.717, 1.165) is 97.0 Å². The molecule has 5 rings (SSSR count). The Bertz CT molecular complexity index is 1570. The second-order valence-corrected chi connectivity index (χ2v) is 11.9. The number of piperazine rings is 1. The highest BCUT2D eigenvalue weighted by Crippen LogP contribution is 2.35. The molecule has 0 unspecified atom stereocenters. The number of pyridine rings is 2. The van der Waals surface area contributed by atoms with Crippen LogP contribution in [0, 0.1) is 33.6 Å². The van der Waals surface area contributed by atoms with Crippen molar-refractivity contribution in [1.82, 2.24) is 20.6 Å². The van der Waals surface area contributed by atoms with Crippen molar-refractivity contribution in [3.05, 3.63) is 74.3 Å².